The maximum absolute atomic E-state index is 5.23. The van der Waals surface area contributed by atoms with Crippen LogP contribution in [0.15, 0.2) is 4.52 Å². The fourth-order valence-corrected chi connectivity index (χ4v) is 2.70. The van der Waals surface area contributed by atoms with Crippen LogP contribution in [0.4, 0.5) is 0 Å². The van der Waals surface area contributed by atoms with E-state index in [0.717, 1.165) is 30.3 Å². The molecule has 0 N–H and O–H groups in total. The van der Waals surface area contributed by atoms with Crippen molar-refractivity contribution in [3.63, 3.8) is 0 Å². The third kappa shape index (κ3) is 2.05. The standard InChI is InChI=1S/C9H14N2OS/c1-2-3-8-10-9(12-11-8)7-4-5-13-6-7/h7H,2-6H2,1H3. The van der Waals surface area contributed by atoms with E-state index in [0.29, 0.717) is 5.92 Å². The van der Waals surface area contributed by atoms with Gasteiger partial charge in [-0.1, -0.05) is 12.1 Å². The highest BCUT2D eigenvalue weighted by molar-refractivity contribution is 7.99. The van der Waals surface area contributed by atoms with Crippen LogP contribution in [0, 0.1) is 0 Å². The van der Waals surface area contributed by atoms with Crippen LogP contribution in [0.25, 0.3) is 0 Å². The molecule has 4 heteroatoms. The van der Waals surface area contributed by atoms with Crippen molar-refractivity contribution in [2.45, 2.75) is 32.1 Å². The molecule has 0 spiro atoms. The van der Waals surface area contributed by atoms with E-state index in [1.807, 2.05) is 11.8 Å². The zero-order chi connectivity index (χ0) is 9.10. The molecule has 0 aliphatic carbocycles. The number of hydrogen-bond acceptors (Lipinski definition) is 4. The second-order valence-corrected chi connectivity index (χ2v) is 4.51. The van der Waals surface area contributed by atoms with Crippen molar-refractivity contribution in [3.05, 3.63) is 11.7 Å². The summed E-state index contributed by atoms with van der Waals surface area (Å²) < 4.78 is 5.23. The molecular formula is C9H14N2OS. The summed E-state index contributed by atoms with van der Waals surface area (Å²) in [5, 5.41) is 3.96. The summed E-state index contributed by atoms with van der Waals surface area (Å²) in [7, 11) is 0. The lowest BCUT2D eigenvalue weighted by atomic mass is 10.1. The molecule has 13 heavy (non-hydrogen) atoms. The minimum absolute atomic E-state index is 0.517. The maximum atomic E-state index is 5.23. The summed E-state index contributed by atoms with van der Waals surface area (Å²) >= 11 is 1.97. The van der Waals surface area contributed by atoms with E-state index in [1.165, 1.54) is 12.2 Å². The summed E-state index contributed by atoms with van der Waals surface area (Å²) in [5.74, 6) is 4.62. The molecule has 1 aliphatic heterocycles. The molecule has 0 amide bonds. The van der Waals surface area contributed by atoms with Gasteiger partial charge in [-0.25, -0.2) is 0 Å². The van der Waals surface area contributed by atoms with Crippen molar-refractivity contribution in [2.75, 3.05) is 11.5 Å². The van der Waals surface area contributed by atoms with Crippen LogP contribution in [-0.4, -0.2) is 21.6 Å². The average molecular weight is 198 g/mol. The number of rotatable bonds is 3. The molecule has 0 bridgehead atoms. The lowest BCUT2D eigenvalue weighted by molar-refractivity contribution is 0.356. The van der Waals surface area contributed by atoms with Gasteiger partial charge in [-0.2, -0.15) is 16.7 Å². The topological polar surface area (TPSA) is 38.9 Å². The Labute approximate surface area is 82.3 Å². The fraction of sp³-hybridized carbons (Fsp3) is 0.778. The van der Waals surface area contributed by atoms with Crippen LogP contribution in [0.5, 0.6) is 0 Å². The van der Waals surface area contributed by atoms with Crippen molar-refractivity contribution in [3.8, 4) is 0 Å². The molecule has 2 rings (SSSR count). The summed E-state index contributed by atoms with van der Waals surface area (Å²) in [5.41, 5.74) is 0. The normalized spacial score (nSPS) is 22.4. The Morgan fingerprint density at radius 3 is 3.23 bits per heavy atom. The molecule has 3 nitrogen and oxygen atoms in total. The average Bonchev–Trinajstić information content (AvgIpc) is 2.70. The van der Waals surface area contributed by atoms with Crippen molar-refractivity contribution in [1.29, 1.82) is 0 Å². The zero-order valence-electron chi connectivity index (χ0n) is 7.82. The van der Waals surface area contributed by atoms with Gasteiger partial charge in [-0.15, -0.1) is 0 Å². The van der Waals surface area contributed by atoms with Gasteiger partial charge in [0.15, 0.2) is 5.82 Å². The first-order valence-electron chi connectivity index (χ1n) is 4.80. The van der Waals surface area contributed by atoms with Gasteiger partial charge >= 0.3 is 0 Å². The van der Waals surface area contributed by atoms with Gasteiger partial charge in [0.05, 0.1) is 0 Å². The van der Waals surface area contributed by atoms with Crippen molar-refractivity contribution >= 4 is 11.8 Å². The van der Waals surface area contributed by atoms with E-state index >= 15 is 0 Å². The number of aromatic nitrogens is 2. The first kappa shape index (κ1) is 9.06. The molecule has 1 fully saturated rings. The molecule has 1 atom stereocenters. The van der Waals surface area contributed by atoms with Crippen molar-refractivity contribution < 1.29 is 4.52 Å². The Kier molecular flexibility index (Phi) is 2.88. The number of aryl methyl sites for hydroxylation is 1. The third-order valence-corrected chi connectivity index (χ3v) is 3.40. The Hall–Kier alpha value is -0.510. The van der Waals surface area contributed by atoms with Gasteiger partial charge in [-0.3, -0.25) is 0 Å². The van der Waals surface area contributed by atoms with Crippen LogP contribution in [-0.2, 0) is 6.42 Å². The molecule has 0 radical (unpaired) electrons. The molecular weight excluding hydrogens is 184 g/mol. The fourth-order valence-electron chi connectivity index (χ4n) is 1.49. The lowest BCUT2D eigenvalue weighted by Gasteiger charge is -1.97. The van der Waals surface area contributed by atoms with Crippen LogP contribution < -0.4 is 0 Å². The second kappa shape index (κ2) is 4.13. The predicted molar refractivity (Wildman–Crippen MR) is 53.0 cm³/mol. The van der Waals surface area contributed by atoms with E-state index in [9.17, 15) is 0 Å². The largest absolute Gasteiger partial charge is 0.339 e. The highest BCUT2D eigenvalue weighted by Crippen LogP contribution is 2.31. The van der Waals surface area contributed by atoms with Gasteiger partial charge in [0.25, 0.3) is 0 Å². The molecule has 1 aliphatic rings. The molecule has 1 saturated heterocycles. The summed E-state index contributed by atoms with van der Waals surface area (Å²) in [6.07, 6.45) is 3.21. The van der Waals surface area contributed by atoms with Crippen molar-refractivity contribution in [2.24, 2.45) is 0 Å². The summed E-state index contributed by atoms with van der Waals surface area (Å²) in [6.45, 7) is 2.13. The Balaban J connectivity index is 2.03. The van der Waals surface area contributed by atoms with Crippen LogP contribution in [0.3, 0.4) is 0 Å². The highest BCUT2D eigenvalue weighted by Gasteiger charge is 2.23. The third-order valence-electron chi connectivity index (χ3n) is 2.24. The van der Waals surface area contributed by atoms with E-state index in [-0.39, 0.29) is 0 Å². The minimum Gasteiger partial charge on any atom is -0.339 e. The van der Waals surface area contributed by atoms with E-state index < -0.39 is 0 Å². The Morgan fingerprint density at radius 1 is 1.62 bits per heavy atom. The van der Waals surface area contributed by atoms with Gasteiger partial charge < -0.3 is 4.52 Å². The van der Waals surface area contributed by atoms with E-state index in [2.05, 4.69) is 17.1 Å². The maximum Gasteiger partial charge on any atom is 0.230 e. The van der Waals surface area contributed by atoms with Crippen LogP contribution >= 0.6 is 11.8 Å². The molecule has 0 aromatic carbocycles. The van der Waals surface area contributed by atoms with Crippen molar-refractivity contribution in [1.82, 2.24) is 10.1 Å². The Morgan fingerprint density at radius 2 is 2.54 bits per heavy atom. The summed E-state index contributed by atoms with van der Waals surface area (Å²) in [6, 6.07) is 0. The quantitative estimate of drug-likeness (QED) is 0.746. The van der Waals surface area contributed by atoms with Crippen LogP contribution in [0.1, 0.15) is 37.4 Å². The van der Waals surface area contributed by atoms with Gasteiger partial charge in [-0.05, 0) is 18.6 Å². The van der Waals surface area contributed by atoms with Gasteiger partial charge in [0.1, 0.15) is 0 Å². The first-order valence-corrected chi connectivity index (χ1v) is 5.96. The molecule has 1 aromatic rings. The van der Waals surface area contributed by atoms with E-state index in [1.54, 1.807) is 0 Å². The van der Waals surface area contributed by atoms with Gasteiger partial charge in [0.2, 0.25) is 5.89 Å². The highest BCUT2D eigenvalue weighted by atomic mass is 32.2. The number of hydrogen-bond donors (Lipinski definition) is 0. The van der Waals surface area contributed by atoms with Gasteiger partial charge in [0, 0.05) is 18.1 Å². The smallest absolute Gasteiger partial charge is 0.230 e. The SMILES string of the molecule is CCCc1noc(C2CCSC2)n1. The molecule has 1 aromatic heterocycles. The lowest BCUT2D eigenvalue weighted by Crippen LogP contribution is -1.96. The molecule has 72 valence electrons. The monoisotopic (exact) mass is 198 g/mol. The molecule has 0 saturated carbocycles. The Bertz CT molecular complexity index is 268. The number of nitrogens with zero attached hydrogens (tertiary/aromatic N) is 2. The van der Waals surface area contributed by atoms with Crippen LogP contribution in [0.2, 0.25) is 0 Å². The minimum atomic E-state index is 0.517. The zero-order valence-corrected chi connectivity index (χ0v) is 8.64. The predicted octanol–water partition coefficient (Wildman–Crippen LogP) is 2.24. The first-order chi connectivity index (χ1) is 6.40. The second-order valence-electron chi connectivity index (χ2n) is 3.36. The summed E-state index contributed by atoms with van der Waals surface area (Å²) in [4.78, 5) is 4.39. The van der Waals surface area contributed by atoms with E-state index in [4.69, 9.17) is 4.52 Å². The number of thioether (sulfide) groups is 1. The molecule has 2 heterocycles. The molecule has 1 unspecified atom stereocenters.